The molecule has 1 aromatic carbocycles. The van der Waals surface area contributed by atoms with Crippen molar-refractivity contribution >= 4 is 11.4 Å². The van der Waals surface area contributed by atoms with Crippen molar-refractivity contribution in [2.24, 2.45) is 0 Å². The minimum absolute atomic E-state index is 0.194. The van der Waals surface area contributed by atoms with E-state index in [1.165, 1.54) is 11.4 Å². The van der Waals surface area contributed by atoms with E-state index < -0.39 is 0 Å². The van der Waals surface area contributed by atoms with Crippen LogP contribution < -0.4 is 10.2 Å². The first-order valence-corrected chi connectivity index (χ1v) is 4.69. The Kier molecular flexibility index (Phi) is 1.72. The molecule has 0 atom stereocenters. The SMILES string of the molecule is CC(C)(C)N1CNc2ccccc21. The summed E-state index contributed by atoms with van der Waals surface area (Å²) in [4.78, 5) is 2.38. The fourth-order valence-electron chi connectivity index (χ4n) is 1.71. The van der Waals surface area contributed by atoms with Crippen LogP contribution in [0, 0.1) is 0 Å². The van der Waals surface area contributed by atoms with E-state index in [1.54, 1.807) is 0 Å². The Morgan fingerprint density at radius 2 is 1.92 bits per heavy atom. The van der Waals surface area contributed by atoms with Gasteiger partial charge in [-0.15, -0.1) is 0 Å². The van der Waals surface area contributed by atoms with Crippen LogP contribution in [0.1, 0.15) is 20.8 Å². The predicted octanol–water partition coefficient (Wildman–Crippen LogP) is 2.67. The van der Waals surface area contributed by atoms with Crippen molar-refractivity contribution in [1.29, 1.82) is 0 Å². The third kappa shape index (κ3) is 1.37. The first-order chi connectivity index (χ1) is 6.09. The number of nitrogens with one attached hydrogen (secondary N) is 1. The predicted molar refractivity (Wildman–Crippen MR) is 57.2 cm³/mol. The van der Waals surface area contributed by atoms with E-state index in [0.29, 0.717) is 0 Å². The topological polar surface area (TPSA) is 15.3 Å². The van der Waals surface area contributed by atoms with Gasteiger partial charge in [0.25, 0.3) is 0 Å². The smallest absolute Gasteiger partial charge is 0.0882 e. The lowest BCUT2D eigenvalue weighted by molar-refractivity contribution is 0.525. The highest BCUT2D eigenvalue weighted by molar-refractivity contribution is 5.75. The Morgan fingerprint density at radius 1 is 1.23 bits per heavy atom. The largest absolute Gasteiger partial charge is 0.366 e. The molecule has 0 unspecified atom stereocenters. The molecule has 1 N–H and O–H groups in total. The highest BCUT2D eigenvalue weighted by atomic mass is 15.3. The van der Waals surface area contributed by atoms with Gasteiger partial charge in [0.15, 0.2) is 0 Å². The molecule has 2 nitrogen and oxygen atoms in total. The molecule has 0 fully saturated rings. The summed E-state index contributed by atoms with van der Waals surface area (Å²) in [6.07, 6.45) is 0. The average molecular weight is 176 g/mol. The molecule has 1 aromatic rings. The summed E-state index contributed by atoms with van der Waals surface area (Å²) in [5.41, 5.74) is 2.76. The molecule has 0 aromatic heterocycles. The van der Waals surface area contributed by atoms with Gasteiger partial charge in [0.2, 0.25) is 0 Å². The van der Waals surface area contributed by atoms with Crippen molar-refractivity contribution in [3.8, 4) is 0 Å². The Labute approximate surface area is 79.6 Å². The second-order valence-corrected chi connectivity index (χ2v) is 4.45. The minimum atomic E-state index is 0.194. The average Bonchev–Trinajstić information content (AvgIpc) is 2.45. The number of hydrogen-bond donors (Lipinski definition) is 1. The maximum Gasteiger partial charge on any atom is 0.0882 e. The van der Waals surface area contributed by atoms with E-state index in [2.05, 4.69) is 55.3 Å². The Hall–Kier alpha value is -1.18. The van der Waals surface area contributed by atoms with Crippen LogP contribution in [0.4, 0.5) is 11.4 Å². The fraction of sp³-hybridized carbons (Fsp3) is 0.455. The summed E-state index contributed by atoms with van der Waals surface area (Å²) >= 11 is 0. The van der Waals surface area contributed by atoms with Crippen molar-refractivity contribution in [1.82, 2.24) is 0 Å². The van der Waals surface area contributed by atoms with E-state index in [0.717, 1.165) is 6.67 Å². The maximum absolute atomic E-state index is 3.38. The van der Waals surface area contributed by atoms with Crippen molar-refractivity contribution in [2.45, 2.75) is 26.3 Å². The molecule has 2 rings (SSSR count). The van der Waals surface area contributed by atoms with E-state index in [9.17, 15) is 0 Å². The molecular weight excluding hydrogens is 160 g/mol. The molecule has 13 heavy (non-hydrogen) atoms. The molecule has 0 spiro atoms. The second kappa shape index (κ2) is 2.66. The minimum Gasteiger partial charge on any atom is -0.366 e. The molecule has 0 aliphatic carbocycles. The summed E-state index contributed by atoms with van der Waals surface area (Å²) in [5.74, 6) is 0. The number of hydrogen-bond acceptors (Lipinski definition) is 2. The van der Waals surface area contributed by atoms with Gasteiger partial charge in [-0.25, -0.2) is 0 Å². The molecule has 1 aliphatic rings. The van der Waals surface area contributed by atoms with Gasteiger partial charge >= 0.3 is 0 Å². The summed E-state index contributed by atoms with van der Waals surface area (Å²) in [6.45, 7) is 7.62. The molecule has 2 heteroatoms. The Balaban J connectivity index is 2.39. The summed E-state index contributed by atoms with van der Waals surface area (Å²) in [6, 6.07) is 8.45. The van der Waals surface area contributed by atoms with Gasteiger partial charge in [0.1, 0.15) is 0 Å². The van der Waals surface area contributed by atoms with Gasteiger partial charge in [-0.2, -0.15) is 0 Å². The number of nitrogens with zero attached hydrogens (tertiary/aromatic N) is 1. The molecule has 0 saturated carbocycles. The molecule has 0 saturated heterocycles. The summed E-state index contributed by atoms with van der Waals surface area (Å²) in [5, 5.41) is 3.38. The zero-order valence-corrected chi connectivity index (χ0v) is 8.46. The van der Waals surface area contributed by atoms with Crippen LogP contribution in [-0.2, 0) is 0 Å². The van der Waals surface area contributed by atoms with Crippen molar-refractivity contribution in [3.05, 3.63) is 24.3 Å². The fourth-order valence-corrected chi connectivity index (χ4v) is 1.71. The van der Waals surface area contributed by atoms with Crippen LogP contribution in [0.3, 0.4) is 0 Å². The highest BCUT2D eigenvalue weighted by Gasteiger charge is 2.27. The van der Waals surface area contributed by atoms with Gasteiger partial charge in [0.05, 0.1) is 18.0 Å². The van der Waals surface area contributed by atoms with Gasteiger partial charge in [-0.3, -0.25) is 0 Å². The lowest BCUT2D eigenvalue weighted by atomic mass is 10.1. The zero-order valence-electron chi connectivity index (χ0n) is 8.46. The Bertz CT molecular complexity index is 312. The molecule has 70 valence electrons. The summed E-state index contributed by atoms with van der Waals surface area (Å²) in [7, 11) is 0. The standard InChI is InChI=1S/C11H16N2/c1-11(2,3)13-8-12-9-6-4-5-7-10(9)13/h4-7,12H,8H2,1-3H3. The van der Waals surface area contributed by atoms with Gasteiger partial charge < -0.3 is 10.2 Å². The van der Waals surface area contributed by atoms with E-state index >= 15 is 0 Å². The van der Waals surface area contributed by atoms with Gasteiger partial charge in [-0.1, -0.05) is 12.1 Å². The lowest BCUT2D eigenvalue weighted by Gasteiger charge is -2.33. The van der Waals surface area contributed by atoms with Crippen molar-refractivity contribution < 1.29 is 0 Å². The number of para-hydroxylation sites is 2. The quantitative estimate of drug-likeness (QED) is 0.653. The van der Waals surface area contributed by atoms with E-state index in [4.69, 9.17) is 0 Å². The van der Waals surface area contributed by atoms with Gasteiger partial charge in [-0.05, 0) is 32.9 Å². The van der Waals surface area contributed by atoms with Crippen LogP contribution >= 0.6 is 0 Å². The first-order valence-electron chi connectivity index (χ1n) is 4.69. The van der Waals surface area contributed by atoms with Gasteiger partial charge in [0, 0.05) is 5.54 Å². The van der Waals surface area contributed by atoms with E-state index in [-0.39, 0.29) is 5.54 Å². The number of fused-ring (bicyclic) bond motifs is 1. The molecule has 0 bridgehead atoms. The molecule has 0 radical (unpaired) electrons. The van der Waals surface area contributed by atoms with E-state index in [1.807, 2.05) is 0 Å². The molecule has 1 heterocycles. The van der Waals surface area contributed by atoms with Crippen molar-refractivity contribution in [2.75, 3.05) is 16.9 Å². The summed E-state index contributed by atoms with van der Waals surface area (Å²) < 4.78 is 0. The molecular formula is C11H16N2. The zero-order chi connectivity index (χ0) is 9.47. The molecule has 1 aliphatic heterocycles. The third-order valence-corrected chi connectivity index (χ3v) is 2.43. The number of rotatable bonds is 0. The highest BCUT2D eigenvalue weighted by Crippen LogP contribution is 2.35. The monoisotopic (exact) mass is 176 g/mol. The number of benzene rings is 1. The van der Waals surface area contributed by atoms with Crippen LogP contribution in [0.25, 0.3) is 0 Å². The van der Waals surface area contributed by atoms with Crippen LogP contribution in [0.15, 0.2) is 24.3 Å². The lowest BCUT2D eigenvalue weighted by Crippen LogP contribution is -2.41. The second-order valence-electron chi connectivity index (χ2n) is 4.45. The van der Waals surface area contributed by atoms with Crippen LogP contribution in [-0.4, -0.2) is 12.2 Å². The van der Waals surface area contributed by atoms with Crippen molar-refractivity contribution in [3.63, 3.8) is 0 Å². The molecule has 0 amide bonds. The first kappa shape index (κ1) is 8.42. The number of anilines is 2. The normalized spacial score (nSPS) is 15.5. The Morgan fingerprint density at radius 3 is 2.62 bits per heavy atom. The third-order valence-electron chi connectivity index (χ3n) is 2.43. The maximum atomic E-state index is 3.38. The van der Waals surface area contributed by atoms with Crippen LogP contribution in [0.2, 0.25) is 0 Å². The van der Waals surface area contributed by atoms with Crippen LogP contribution in [0.5, 0.6) is 0 Å².